The van der Waals surface area contributed by atoms with Gasteiger partial charge in [-0.1, -0.05) is 88.9 Å². The fourth-order valence-electron chi connectivity index (χ4n) is 4.66. The second-order valence-corrected chi connectivity index (χ2v) is 10.3. The van der Waals surface area contributed by atoms with Crippen LogP contribution in [-0.2, 0) is 13.2 Å². The van der Waals surface area contributed by atoms with E-state index in [1.165, 1.54) is 57.1 Å². The zero-order valence-corrected chi connectivity index (χ0v) is 22.9. The van der Waals surface area contributed by atoms with Gasteiger partial charge in [-0.2, -0.15) is 13.2 Å². The predicted molar refractivity (Wildman–Crippen MR) is 149 cm³/mol. The van der Waals surface area contributed by atoms with Gasteiger partial charge in [-0.15, -0.1) is 0 Å². The second kappa shape index (κ2) is 13.8. The van der Waals surface area contributed by atoms with Gasteiger partial charge < -0.3 is 9.30 Å². The number of nitrogens with zero attached hydrogens (tertiary/aromatic N) is 1. The molecule has 1 unspecified atom stereocenters. The summed E-state index contributed by atoms with van der Waals surface area (Å²) in [4.78, 5) is 0. The van der Waals surface area contributed by atoms with Crippen molar-refractivity contribution in [3.63, 3.8) is 0 Å². The molecule has 0 bridgehead atoms. The minimum Gasteiger partial charge on any atom is -0.493 e. The maximum atomic E-state index is 13.0. The lowest BCUT2D eigenvalue weighted by Crippen LogP contribution is -2.12. The number of hydrogen-bond donors (Lipinski definition) is 0. The highest BCUT2D eigenvalue weighted by Crippen LogP contribution is 2.33. The molecule has 3 aromatic rings. The van der Waals surface area contributed by atoms with Crippen LogP contribution in [-0.4, -0.2) is 11.2 Å². The number of aryl methyl sites for hydroxylation is 1. The van der Waals surface area contributed by atoms with Crippen molar-refractivity contribution >= 4 is 12.2 Å². The first-order valence-electron chi connectivity index (χ1n) is 13.3. The number of pyridine rings is 1. The van der Waals surface area contributed by atoms with Crippen LogP contribution in [0.4, 0.5) is 13.2 Å². The smallest absolute Gasteiger partial charge is 0.416 e. The standard InChI is InChI=1S/C31H38F3NOS/c1-4-6-7-8-9-11-23(10-5-2)22-36-27-18-14-25(15-19-27)29-21-35(3)20-28(30(29)37)24-12-16-26(17-13-24)31(32,33)34/h12-21,23H,4-11,22H2,1-3H3. The lowest BCUT2D eigenvalue weighted by Gasteiger charge is -2.17. The summed E-state index contributed by atoms with van der Waals surface area (Å²) in [5, 5.41) is 0. The molecule has 1 atom stereocenters. The first-order chi connectivity index (χ1) is 17.7. The van der Waals surface area contributed by atoms with Gasteiger partial charge in [0.25, 0.3) is 0 Å². The maximum Gasteiger partial charge on any atom is 0.416 e. The summed E-state index contributed by atoms with van der Waals surface area (Å²) in [6, 6.07) is 13.1. The second-order valence-electron chi connectivity index (χ2n) is 9.85. The largest absolute Gasteiger partial charge is 0.493 e. The molecule has 200 valence electrons. The summed E-state index contributed by atoms with van der Waals surface area (Å²) in [5.74, 6) is 1.41. The van der Waals surface area contributed by atoms with Gasteiger partial charge in [0.05, 0.1) is 16.7 Å². The van der Waals surface area contributed by atoms with Crippen LogP contribution >= 0.6 is 12.2 Å². The van der Waals surface area contributed by atoms with E-state index in [0.29, 0.717) is 16.0 Å². The van der Waals surface area contributed by atoms with Gasteiger partial charge in [-0.3, -0.25) is 0 Å². The zero-order chi connectivity index (χ0) is 26.8. The molecule has 6 heteroatoms. The molecule has 0 amide bonds. The van der Waals surface area contributed by atoms with E-state index in [2.05, 4.69) is 13.8 Å². The van der Waals surface area contributed by atoms with Crippen LogP contribution in [0.25, 0.3) is 22.3 Å². The molecule has 2 nitrogen and oxygen atoms in total. The number of alkyl halides is 3. The van der Waals surface area contributed by atoms with Gasteiger partial charge in [0.2, 0.25) is 0 Å². The first-order valence-corrected chi connectivity index (χ1v) is 13.7. The zero-order valence-electron chi connectivity index (χ0n) is 22.1. The van der Waals surface area contributed by atoms with E-state index in [-0.39, 0.29) is 0 Å². The van der Waals surface area contributed by atoms with Crippen molar-refractivity contribution in [2.75, 3.05) is 6.61 Å². The summed E-state index contributed by atoms with van der Waals surface area (Å²) >= 11 is 5.77. The molecule has 0 aliphatic heterocycles. The van der Waals surface area contributed by atoms with E-state index in [4.69, 9.17) is 17.0 Å². The van der Waals surface area contributed by atoms with E-state index in [1.807, 2.05) is 48.3 Å². The van der Waals surface area contributed by atoms with Crippen molar-refractivity contribution in [2.45, 2.75) is 71.4 Å². The van der Waals surface area contributed by atoms with Crippen LogP contribution in [0.15, 0.2) is 60.9 Å². The van der Waals surface area contributed by atoms with E-state index in [0.717, 1.165) is 47.6 Å². The average Bonchev–Trinajstić information content (AvgIpc) is 2.88. The number of benzene rings is 2. The molecule has 0 radical (unpaired) electrons. The number of unbranched alkanes of at least 4 members (excludes halogenated alkanes) is 4. The van der Waals surface area contributed by atoms with Gasteiger partial charge in [-0.25, -0.2) is 0 Å². The van der Waals surface area contributed by atoms with Crippen LogP contribution < -0.4 is 4.74 Å². The highest BCUT2D eigenvalue weighted by molar-refractivity contribution is 7.71. The van der Waals surface area contributed by atoms with Crippen LogP contribution in [0.2, 0.25) is 0 Å². The van der Waals surface area contributed by atoms with Gasteiger partial charge in [0, 0.05) is 30.6 Å². The Morgan fingerprint density at radius 3 is 1.89 bits per heavy atom. The third-order valence-electron chi connectivity index (χ3n) is 6.74. The van der Waals surface area contributed by atoms with Crippen molar-refractivity contribution in [3.05, 3.63) is 71.0 Å². The minimum atomic E-state index is -4.36. The Labute approximate surface area is 224 Å². The maximum absolute atomic E-state index is 13.0. The Morgan fingerprint density at radius 1 is 0.784 bits per heavy atom. The molecule has 0 aliphatic rings. The first kappa shape index (κ1) is 29.0. The number of ether oxygens (including phenoxy) is 1. The summed E-state index contributed by atoms with van der Waals surface area (Å²) in [6.07, 6.45) is 9.45. The molecule has 0 aliphatic carbocycles. The van der Waals surface area contributed by atoms with Crippen LogP contribution in [0.3, 0.4) is 0 Å². The SMILES string of the molecule is CCCCCCCC(CCC)COc1ccc(-c2cn(C)cc(-c3ccc(C(F)(F)F)cc3)c2=S)cc1. The Morgan fingerprint density at radius 2 is 1.35 bits per heavy atom. The van der Waals surface area contributed by atoms with E-state index in [9.17, 15) is 13.2 Å². The highest BCUT2D eigenvalue weighted by Gasteiger charge is 2.30. The third kappa shape index (κ3) is 8.46. The molecular formula is C31H38F3NOS. The molecule has 1 aromatic heterocycles. The van der Waals surface area contributed by atoms with Crippen molar-refractivity contribution in [1.29, 1.82) is 0 Å². The van der Waals surface area contributed by atoms with Gasteiger partial charge in [0.15, 0.2) is 0 Å². The molecule has 0 spiro atoms. The monoisotopic (exact) mass is 529 g/mol. The number of aromatic nitrogens is 1. The van der Waals surface area contributed by atoms with Gasteiger partial charge in [0.1, 0.15) is 5.75 Å². The highest BCUT2D eigenvalue weighted by atomic mass is 32.1. The average molecular weight is 530 g/mol. The van der Waals surface area contributed by atoms with E-state index >= 15 is 0 Å². The lowest BCUT2D eigenvalue weighted by molar-refractivity contribution is -0.137. The Bertz CT molecular complexity index is 1170. The van der Waals surface area contributed by atoms with Crippen LogP contribution in [0.5, 0.6) is 5.75 Å². The molecule has 0 N–H and O–H groups in total. The van der Waals surface area contributed by atoms with E-state index in [1.54, 1.807) is 0 Å². The number of rotatable bonds is 13. The fraction of sp³-hybridized carbons (Fsp3) is 0.452. The van der Waals surface area contributed by atoms with Crippen LogP contribution in [0.1, 0.15) is 70.8 Å². The molecule has 2 aromatic carbocycles. The summed E-state index contributed by atoms with van der Waals surface area (Å²) in [6.45, 7) is 5.19. The normalized spacial score (nSPS) is 12.5. The number of hydrogen-bond acceptors (Lipinski definition) is 2. The molecule has 1 heterocycles. The predicted octanol–water partition coefficient (Wildman–Crippen LogP) is 10.3. The molecule has 37 heavy (non-hydrogen) atoms. The van der Waals surface area contributed by atoms with Crippen molar-refractivity contribution in [2.24, 2.45) is 13.0 Å². The molecular weight excluding hydrogens is 491 g/mol. The molecule has 0 saturated heterocycles. The topological polar surface area (TPSA) is 14.2 Å². The van der Waals surface area contributed by atoms with Crippen molar-refractivity contribution in [1.82, 2.24) is 4.57 Å². The summed E-state index contributed by atoms with van der Waals surface area (Å²) < 4.78 is 47.6. The third-order valence-corrected chi connectivity index (χ3v) is 7.18. The Kier molecular flexibility index (Phi) is 10.8. The molecule has 0 fully saturated rings. The summed E-state index contributed by atoms with van der Waals surface area (Å²) in [7, 11) is 1.89. The van der Waals surface area contributed by atoms with Gasteiger partial charge >= 0.3 is 6.18 Å². The Hall–Kier alpha value is -2.60. The molecule has 3 rings (SSSR count). The van der Waals surface area contributed by atoms with Crippen molar-refractivity contribution < 1.29 is 17.9 Å². The van der Waals surface area contributed by atoms with E-state index < -0.39 is 11.7 Å². The van der Waals surface area contributed by atoms with Crippen LogP contribution in [0, 0.1) is 10.4 Å². The fourth-order valence-corrected chi connectivity index (χ4v) is 5.00. The lowest BCUT2D eigenvalue weighted by atomic mass is 9.97. The minimum absolute atomic E-state index is 0.574. The van der Waals surface area contributed by atoms with Crippen molar-refractivity contribution in [3.8, 4) is 28.0 Å². The Balaban J connectivity index is 1.71. The number of halogens is 3. The quantitative estimate of drug-likeness (QED) is 0.161. The van der Waals surface area contributed by atoms with Gasteiger partial charge in [-0.05, 0) is 54.2 Å². The molecule has 0 saturated carbocycles. The summed E-state index contributed by atoms with van der Waals surface area (Å²) in [5.41, 5.74) is 2.52.